The van der Waals surface area contributed by atoms with Gasteiger partial charge in [-0.2, -0.15) is 11.8 Å². The first-order valence-corrected chi connectivity index (χ1v) is 8.43. The number of benzene rings is 1. The van der Waals surface area contributed by atoms with E-state index in [-0.39, 0.29) is 18.8 Å². The molecule has 0 fully saturated rings. The van der Waals surface area contributed by atoms with Crippen molar-refractivity contribution >= 4 is 11.8 Å². The van der Waals surface area contributed by atoms with Crippen molar-refractivity contribution < 1.29 is 10.2 Å². The average Bonchev–Trinajstić information content (AvgIpc) is 2.46. The van der Waals surface area contributed by atoms with E-state index in [0.717, 1.165) is 29.9 Å². The quantitative estimate of drug-likeness (QED) is 0.580. The van der Waals surface area contributed by atoms with Gasteiger partial charge in [-0.3, -0.25) is 0 Å². The first-order chi connectivity index (χ1) is 9.64. The molecule has 0 aromatic heterocycles. The van der Waals surface area contributed by atoms with E-state index in [1.54, 1.807) is 0 Å². The van der Waals surface area contributed by atoms with Gasteiger partial charge >= 0.3 is 0 Å². The first kappa shape index (κ1) is 17.5. The SMILES string of the molecule is CC(C)NC(CO)(CCSCCCO)c1ccccc1. The van der Waals surface area contributed by atoms with E-state index in [4.69, 9.17) is 5.11 Å². The summed E-state index contributed by atoms with van der Waals surface area (Å²) in [6.07, 6.45) is 1.71. The summed E-state index contributed by atoms with van der Waals surface area (Å²) in [5.41, 5.74) is 0.765. The third kappa shape index (κ3) is 5.44. The Morgan fingerprint density at radius 3 is 2.40 bits per heavy atom. The highest BCUT2D eigenvalue weighted by atomic mass is 32.2. The van der Waals surface area contributed by atoms with Gasteiger partial charge in [0.2, 0.25) is 0 Å². The Hall–Kier alpha value is -0.550. The molecule has 0 radical (unpaired) electrons. The highest BCUT2D eigenvalue weighted by molar-refractivity contribution is 7.99. The normalized spacial score (nSPS) is 14.4. The topological polar surface area (TPSA) is 52.5 Å². The maximum absolute atomic E-state index is 9.97. The molecule has 0 spiro atoms. The van der Waals surface area contributed by atoms with E-state index in [2.05, 4.69) is 31.3 Å². The third-order valence-electron chi connectivity index (χ3n) is 3.28. The molecule has 0 aliphatic rings. The van der Waals surface area contributed by atoms with Crippen LogP contribution in [-0.4, -0.2) is 41.0 Å². The second kappa shape index (κ2) is 9.40. The Bertz CT molecular complexity index is 359. The Kier molecular flexibility index (Phi) is 8.22. The highest BCUT2D eigenvalue weighted by Crippen LogP contribution is 2.27. The number of hydrogen-bond acceptors (Lipinski definition) is 4. The lowest BCUT2D eigenvalue weighted by atomic mass is 9.87. The van der Waals surface area contributed by atoms with Crippen molar-refractivity contribution in [2.24, 2.45) is 0 Å². The van der Waals surface area contributed by atoms with Gasteiger partial charge in [0.25, 0.3) is 0 Å². The van der Waals surface area contributed by atoms with Crippen LogP contribution in [0.15, 0.2) is 30.3 Å². The molecule has 20 heavy (non-hydrogen) atoms. The zero-order valence-electron chi connectivity index (χ0n) is 12.5. The average molecular weight is 297 g/mol. The second-order valence-electron chi connectivity index (χ2n) is 5.34. The minimum Gasteiger partial charge on any atom is -0.396 e. The van der Waals surface area contributed by atoms with Gasteiger partial charge in [-0.15, -0.1) is 0 Å². The van der Waals surface area contributed by atoms with Gasteiger partial charge in [-0.05, 0) is 43.8 Å². The Balaban J connectivity index is 2.73. The summed E-state index contributed by atoms with van der Waals surface area (Å²) in [6.45, 7) is 4.55. The fourth-order valence-corrected chi connectivity index (χ4v) is 3.37. The third-order valence-corrected chi connectivity index (χ3v) is 4.35. The van der Waals surface area contributed by atoms with Crippen LogP contribution in [0.2, 0.25) is 0 Å². The van der Waals surface area contributed by atoms with Gasteiger partial charge in [0, 0.05) is 12.6 Å². The van der Waals surface area contributed by atoms with Crippen LogP contribution in [0.5, 0.6) is 0 Å². The van der Waals surface area contributed by atoms with Crippen LogP contribution >= 0.6 is 11.8 Å². The van der Waals surface area contributed by atoms with Gasteiger partial charge in [0.15, 0.2) is 0 Å². The fourth-order valence-electron chi connectivity index (χ4n) is 2.34. The van der Waals surface area contributed by atoms with Gasteiger partial charge in [0.05, 0.1) is 12.1 Å². The predicted octanol–water partition coefficient (Wildman–Crippen LogP) is 2.38. The van der Waals surface area contributed by atoms with Crippen LogP contribution in [0.1, 0.15) is 32.3 Å². The van der Waals surface area contributed by atoms with E-state index in [1.165, 1.54) is 0 Å². The molecule has 1 rings (SSSR count). The Labute approximate surface area is 126 Å². The molecule has 1 aromatic rings. The van der Waals surface area contributed by atoms with E-state index >= 15 is 0 Å². The molecule has 0 saturated carbocycles. The van der Waals surface area contributed by atoms with Crippen molar-refractivity contribution in [3.63, 3.8) is 0 Å². The van der Waals surface area contributed by atoms with Crippen molar-refractivity contribution in [1.82, 2.24) is 5.32 Å². The van der Waals surface area contributed by atoms with Gasteiger partial charge in [-0.1, -0.05) is 30.3 Å². The summed E-state index contributed by atoms with van der Waals surface area (Å²) in [5, 5.41) is 22.3. The molecule has 0 bridgehead atoms. The van der Waals surface area contributed by atoms with Crippen LogP contribution in [0.3, 0.4) is 0 Å². The lowest BCUT2D eigenvalue weighted by Crippen LogP contribution is -2.49. The molecule has 0 aliphatic heterocycles. The van der Waals surface area contributed by atoms with Gasteiger partial charge in [-0.25, -0.2) is 0 Å². The van der Waals surface area contributed by atoms with E-state index in [9.17, 15) is 5.11 Å². The summed E-state index contributed by atoms with van der Waals surface area (Å²) >= 11 is 1.83. The molecule has 3 N–H and O–H groups in total. The van der Waals surface area contributed by atoms with Crippen molar-refractivity contribution in [3.05, 3.63) is 35.9 Å². The lowest BCUT2D eigenvalue weighted by molar-refractivity contribution is 0.147. The van der Waals surface area contributed by atoms with Gasteiger partial charge in [0.1, 0.15) is 0 Å². The summed E-state index contributed by atoms with van der Waals surface area (Å²) < 4.78 is 0. The molecule has 114 valence electrons. The summed E-state index contributed by atoms with van der Waals surface area (Å²) in [6, 6.07) is 10.5. The number of thioether (sulfide) groups is 1. The molecule has 0 saturated heterocycles. The standard InChI is InChI=1S/C16H27NO2S/c1-14(2)17-16(13-19,9-12-20-11-6-10-18)15-7-4-3-5-8-15/h3-5,7-8,14,17-19H,6,9-13H2,1-2H3. The maximum Gasteiger partial charge on any atom is 0.0678 e. The molecule has 0 amide bonds. The minimum atomic E-state index is -0.373. The lowest BCUT2D eigenvalue weighted by Gasteiger charge is -2.36. The summed E-state index contributed by atoms with van der Waals surface area (Å²) in [7, 11) is 0. The number of nitrogens with one attached hydrogen (secondary N) is 1. The smallest absolute Gasteiger partial charge is 0.0678 e. The van der Waals surface area contributed by atoms with E-state index < -0.39 is 0 Å². The van der Waals surface area contributed by atoms with Crippen LogP contribution in [-0.2, 0) is 5.54 Å². The highest BCUT2D eigenvalue weighted by Gasteiger charge is 2.31. The van der Waals surface area contributed by atoms with Crippen LogP contribution in [0.4, 0.5) is 0 Å². The zero-order chi connectivity index (χ0) is 14.8. The zero-order valence-corrected chi connectivity index (χ0v) is 13.3. The number of aliphatic hydroxyl groups excluding tert-OH is 2. The Morgan fingerprint density at radius 1 is 1.15 bits per heavy atom. The molecule has 4 heteroatoms. The van der Waals surface area contributed by atoms with Gasteiger partial charge < -0.3 is 15.5 Å². The second-order valence-corrected chi connectivity index (χ2v) is 6.57. The monoisotopic (exact) mass is 297 g/mol. The van der Waals surface area contributed by atoms with E-state index in [0.29, 0.717) is 6.04 Å². The van der Waals surface area contributed by atoms with Crippen molar-refractivity contribution in [2.75, 3.05) is 24.7 Å². The molecule has 0 aliphatic carbocycles. The van der Waals surface area contributed by atoms with Crippen LogP contribution in [0.25, 0.3) is 0 Å². The molecule has 1 unspecified atom stereocenters. The van der Waals surface area contributed by atoms with E-state index in [1.807, 2.05) is 30.0 Å². The molecule has 0 heterocycles. The number of rotatable bonds is 10. The first-order valence-electron chi connectivity index (χ1n) is 7.27. The molecule has 1 atom stereocenters. The summed E-state index contributed by atoms with van der Waals surface area (Å²) in [4.78, 5) is 0. The number of hydrogen-bond donors (Lipinski definition) is 3. The van der Waals surface area contributed by atoms with Crippen molar-refractivity contribution in [3.8, 4) is 0 Å². The fraction of sp³-hybridized carbons (Fsp3) is 0.625. The Morgan fingerprint density at radius 2 is 1.85 bits per heavy atom. The minimum absolute atomic E-state index is 0.0930. The molecule has 1 aromatic carbocycles. The molecular weight excluding hydrogens is 270 g/mol. The maximum atomic E-state index is 9.97. The molecule has 3 nitrogen and oxygen atoms in total. The van der Waals surface area contributed by atoms with Crippen LogP contribution < -0.4 is 5.32 Å². The van der Waals surface area contributed by atoms with Crippen molar-refractivity contribution in [2.45, 2.75) is 38.3 Å². The van der Waals surface area contributed by atoms with Crippen LogP contribution in [0, 0.1) is 0 Å². The largest absolute Gasteiger partial charge is 0.396 e. The van der Waals surface area contributed by atoms with Crippen molar-refractivity contribution in [1.29, 1.82) is 0 Å². The summed E-state index contributed by atoms with van der Waals surface area (Å²) in [5.74, 6) is 1.93. The predicted molar refractivity (Wildman–Crippen MR) is 87.1 cm³/mol. The number of aliphatic hydroxyl groups is 2. The molecular formula is C16H27NO2S.